The standard InChI is InChI=1S/C90H177NO5/c1-3-5-7-9-11-13-15-17-19-20-21-22-23-39-42-45-48-51-55-58-62-66-70-74-78-82-88(93)87(86-92)91-89(94)83-79-75-71-67-63-59-56-52-49-46-43-40-37-35-33-31-29-27-25-24-26-28-30-32-34-36-38-41-44-47-50-53-57-61-65-69-73-77-81-85-96-90(95)84-80-76-72-68-64-60-54-18-16-14-12-10-8-6-4-2/h24-25,87-88,92-93H,3-23,26-86H2,1-2H3,(H,91,94)/b25-24-. The summed E-state index contributed by atoms with van der Waals surface area (Å²) in [5, 5.41) is 23.5. The van der Waals surface area contributed by atoms with Crippen LogP contribution in [0.2, 0.25) is 0 Å². The maximum atomic E-state index is 12.6. The second-order valence-corrected chi connectivity index (χ2v) is 31.3. The van der Waals surface area contributed by atoms with Gasteiger partial charge >= 0.3 is 5.97 Å². The van der Waals surface area contributed by atoms with Gasteiger partial charge in [-0.05, 0) is 51.4 Å². The van der Waals surface area contributed by atoms with Gasteiger partial charge in [0.2, 0.25) is 5.91 Å². The molecule has 0 saturated carbocycles. The first-order chi connectivity index (χ1) is 47.5. The summed E-state index contributed by atoms with van der Waals surface area (Å²) in [5.74, 6) is 0.00325. The van der Waals surface area contributed by atoms with Crippen molar-refractivity contribution < 1.29 is 24.5 Å². The van der Waals surface area contributed by atoms with Gasteiger partial charge in [0.25, 0.3) is 0 Å². The summed E-state index contributed by atoms with van der Waals surface area (Å²) in [7, 11) is 0. The van der Waals surface area contributed by atoms with Crippen molar-refractivity contribution in [2.45, 2.75) is 540 Å². The first-order valence-corrected chi connectivity index (χ1v) is 44.9. The predicted molar refractivity (Wildman–Crippen MR) is 426 cm³/mol. The van der Waals surface area contributed by atoms with Crippen LogP contribution in [0.5, 0.6) is 0 Å². The molecule has 0 saturated heterocycles. The molecule has 0 aliphatic heterocycles. The molecule has 0 aliphatic rings. The minimum absolute atomic E-state index is 0.0236. The zero-order valence-corrected chi connectivity index (χ0v) is 65.9. The Kier molecular flexibility index (Phi) is 84.8. The summed E-state index contributed by atoms with van der Waals surface area (Å²) in [6, 6.07) is -0.539. The van der Waals surface area contributed by atoms with Gasteiger partial charge in [0.1, 0.15) is 0 Å². The van der Waals surface area contributed by atoms with E-state index < -0.39 is 12.1 Å². The molecule has 2 atom stereocenters. The molecule has 2 unspecified atom stereocenters. The fourth-order valence-corrected chi connectivity index (χ4v) is 14.8. The van der Waals surface area contributed by atoms with Crippen molar-refractivity contribution in [1.82, 2.24) is 5.32 Å². The van der Waals surface area contributed by atoms with Gasteiger partial charge in [-0.2, -0.15) is 0 Å². The van der Waals surface area contributed by atoms with E-state index in [1.54, 1.807) is 0 Å². The van der Waals surface area contributed by atoms with Gasteiger partial charge in [-0.25, -0.2) is 0 Å². The SMILES string of the molecule is CCCCCCCCCCCCCCCCCCCCCCCCCCCC(O)C(CO)NC(=O)CCCCCCCCCCCCCCCCCCC/C=C\CCCCCCCCCCCCCCCCCCCCOC(=O)CCCCCCCCCCCCCCCCC. The quantitative estimate of drug-likeness (QED) is 0.0320. The first kappa shape index (κ1) is 94.6. The van der Waals surface area contributed by atoms with Crippen molar-refractivity contribution in [3.05, 3.63) is 12.2 Å². The maximum absolute atomic E-state index is 12.6. The van der Waals surface area contributed by atoms with Crippen molar-refractivity contribution in [3.8, 4) is 0 Å². The minimum Gasteiger partial charge on any atom is -0.466 e. The molecule has 0 aromatic rings. The Balaban J connectivity index is 3.32. The van der Waals surface area contributed by atoms with Gasteiger partial charge in [0.05, 0.1) is 25.4 Å². The third kappa shape index (κ3) is 81.6. The Labute approximate surface area is 603 Å². The van der Waals surface area contributed by atoms with E-state index in [0.717, 1.165) is 38.5 Å². The summed E-state index contributed by atoms with van der Waals surface area (Å²) in [6.45, 7) is 5.03. The fourth-order valence-electron chi connectivity index (χ4n) is 14.8. The summed E-state index contributed by atoms with van der Waals surface area (Å²) in [5.41, 5.74) is 0. The third-order valence-corrected chi connectivity index (χ3v) is 21.6. The average molecular weight is 1350 g/mol. The minimum atomic E-state index is -0.663. The molecule has 0 aromatic heterocycles. The van der Waals surface area contributed by atoms with E-state index in [2.05, 4.69) is 31.3 Å². The highest BCUT2D eigenvalue weighted by Crippen LogP contribution is 2.21. The molecule has 1 amide bonds. The van der Waals surface area contributed by atoms with Gasteiger partial charge < -0.3 is 20.3 Å². The number of ether oxygens (including phenoxy) is 1. The lowest BCUT2D eigenvalue weighted by atomic mass is 10.0. The van der Waals surface area contributed by atoms with Gasteiger partial charge in [-0.15, -0.1) is 0 Å². The molecule has 0 aliphatic carbocycles. The number of hydrogen-bond acceptors (Lipinski definition) is 5. The number of carbonyl (C=O) groups excluding carboxylic acids is 2. The molecular formula is C90H177NO5. The van der Waals surface area contributed by atoms with Crippen LogP contribution in [0, 0.1) is 0 Å². The summed E-state index contributed by atoms with van der Waals surface area (Å²) < 4.78 is 5.51. The molecule has 0 bridgehead atoms. The molecule has 0 radical (unpaired) electrons. The van der Waals surface area contributed by atoms with Crippen LogP contribution >= 0.6 is 0 Å². The topological polar surface area (TPSA) is 95.9 Å². The molecule has 6 heteroatoms. The van der Waals surface area contributed by atoms with Crippen molar-refractivity contribution in [2.24, 2.45) is 0 Å². The maximum Gasteiger partial charge on any atom is 0.305 e. The lowest BCUT2D eigenvalue weighted by molar-refractivity contribution is -0.143. The van der Waals surface area contributed by atoms with Crippen molar-refractivity contribution >= 4 is 11.9 Å². The monoisotopic (exact) mass is 1350 g/mol. The van der Waals surface area contributed by atoms with Gasteiger partial charge in [0, 0.05) is 12.8 Å². The van der Waals surface area contributed by atoms with Gasteiger partial charge in [0.15, 0.2) is 0 Å². The number of unbranched alkanes of at least 4 members (excludes halogenated alkanes) is 73. The van der Waals surface area contributed by atoms with E-state index in [9.17, 15) is 19.8 Å². The lowest BCUT2D eigenvalue weighted by Gasteiger charge is -2.22. The highest BCUT2D eigenvalue weighted by atomic mass is 16.5. The second-order valence-electron chi connectivity index (χ2n) is 31.3. The van der Waals surface area contributed by atoms with Gasteiger partial charge in [-0.1, -0.05) is 475 Å². The van der Waals surface area contributed by atoms with Crippen LogP contribution in [0.15, 0.2) is 12.2 Å². The number of rotatable bonds is 86. The van der Waals surface area contributed by atoms with E-state index in [-0.39, 0.29) is 18.5 Å². The van der Waals surface area contributed by atoms with E-state index in [1.807, 2.05) is 0 Å². The molecule has 572 valence electrons. The average Bonchev–Trinajstić information content (AvgIpc) is 2.67. The number of carbonyl (C=O) groups is 2. The van der Waals surface area contributed by atoms with Crippen LogP contribution in [0.4, 0.5) is 0 Å². The molecule has 3 N–H and O–H groups in total. The first-order valence-electron chi connectivity index (χ1n) is 44.9. The zero-order chi connectivity index (χ0) is 69.1. The smallest absolute Gasteiger partial charge is 0.305 e. The second kappa shape index (κ2) is 86.0. The highest BCUT2D eigenvalue weighted by Gasteiger charge is 2.20. The van der Waals surface area contributed by atoms with Crippen LogP contribution in [0.3, 0.4) is 0 Å². The normalized spacial score (nSPS) is 12.4. The number of amides is 1. The number of esters is 1. The lowest BCUT2D eigenvalue weighted by Crippen LogP contribution is -2.45. The van der Waals surface area contributed by atoms with Crippen LogP contribution in [0.25, 0.3) is 0 Å². The summed E-state index contributed by atoms with van der Waals surface area (Å²) in [6.07, 6.45) is 111. The molecule has 0 aromatic carbocycles. The van der Waals surface area contributed by atoms with E-state index in [0.29, 0.717) is 25.9 Å². The molecule has 6 nitrogen and oxygen atoms in total. The van der Waals surface area contributed by atoms with Crippen LogP contribution < -0.4 is 5.32 Å². The Morgan fingerprint density at radius 2 is 0.490 bits per heavy atom. The number of aliphatic hydroxyl groups is 2. The Bertz CT molecular complexity index is 1470. The third-order valence-electron chi connectivity index (χ3n) is 21.6. The zero-order valence-electron chi connectivity index (χ0n) is 65.9. The highest BCUT2D eigenvalue weighted by molar-refractivity contribution is 5.76. The Morgan fingerprint density at radius 3 is 0.740 bits per heavy atom. The Hall–Kier alpha value is -1.40. The van der Waals surface area contributed by atoms with Crippen molar-refractivity contribution in [1.29, 1.82) is 0 Å². The molecule has 96 heavy (non-hydrogen) atoms. The summed E-state index contributed by atoms with van der Waals surface area (Å²) >= 11 is 0. The van der Waals surface area contributed by atoms with E-state index in [1.165, 1.54) is 456 Å². The molecule has 0 spiro atoms. The number of nitrogens with one attached hydrogen (secondary N) is 1. The largest absolute Gasteiger partial charge is 0.466 e. The number of hydrogen-bond donors (Lipinski definition) is 3. The van der Waals surface area contributed by atoms with E-state index >= 15 is 0 Å². The van der Waals surface area contributed by atoms with Gasteiger partial charge in [-0.3, -0.25) is 9.59 Å². The number of aliphatic hydroxyl groups excluding tert-OH is 2. The van der Waals surface area contributed by atoms with E-state index in [4.69, 9.17) is 4.74 Å². The Morgan fingerprint density at radius 1 is 0.281 bits per heavy atom. The van der Waals surface area contributed by atoms with Crippen molar-refractivity contribution in [2.75, 3.05) is 13.2 Å². The van der Waals surface area contributed by atoms with Crippen LogP contribution in [-0.4, -0.2) is 47.4 Å². The molecular weight excluding hydrogens is 1170 g/mol. The molecule has 0 fully saturated rings. The molecule has 0 rings (SSSR count). The van der Waals surface area contributed by atoms with Crippen LogP contribution in [0.1, 0.15) is 528 Å². The predicted octanol–water partition coefficient (Wildman–Crippen LogP) is 30.2. The van der Waals surface area contributed by atoms with Crippen molar-refractivity contribution in [3.63, 3.8) is 0 Å². The van der Waals surface area contributed by atoms with Crippen LogP contribution in [-0.2, 0) is 14.3 Å². The number of allylic oxidation sites excluding steroid dienone is 2. The molecule has 0 heterocycles. The fraction of sp³-hybridized carbons (Fsp3) is 0.956. The summed E-state index contributed by atoms with van der Waals surface area (Å²) in [4.78, 5) is 24.7.